The van der Waals surface area contributed by atoms with Gasteiger partial charge in [-0.3, -0.25) is 0 Å². The highest BCUT2D eigenvalue weighted by Crippen LogP contribution is 2.46. The third-order valence-corrected chi connectivity index (χ3v) is 12.1. The second-order valence-electron chi connectivity index (χ2n) is 16.9. The summed E-state index contributed by atoms with van der Waals surface area (Å²) >= 11 is 0. The molecule has 39 heavy (non-hydrogen) atoms. The van der Waals surface area contributed by atoms with E-state index in [0.717, 1.165) is 47.3 Å². The van der Waals surface area contributed by atoms with Gasteiger partial charge >= 0.3 is 0 Å². The van der Waals surface area contributed by atoms with Gasteiger partial charge in [0.25, 0.3) is 0 Å². The minimum atomic E-state index is 0.549. The van der Waals surface area contributed by atoms with Crippen LogP contribution in [0.25, 0.3) is 0 Å². The highest BCUT2D eigenvalue weighted by molar-refractivity contribution is 4.85. The summed E-state index contributed by atoms with van der Waals surface area (Å²) in [6.07, 6.45) is 36.4. The predicted octanol–water partition coefficient (Wildman–Crippen LogP) is 13.4. The van der Waals surface area contributed by atoms with Crippen LogP contribution in [0.1, 0.15) is 196 Å². The fourth-order valence-corrected chi connectivity index (χ4v) is 9.79. The normalized spacial score (nSPS) is 33.2. The molecule has 0 nitrogen and oxygen atoms in total. The molecule has 0 aromatic heterocycles. The maximum absolute atomic E-state index is 2.68. The van der Waals surface area contributed by atoms with Gasteiger partial charge in [0, 0.05) is 0 Å². The molecule has 0 N–H and O–H groups in total. The Morgan fingerprint density at radius 2 is 0.923 bits per heavy atom. The predicted molar refractivity (Wildman–Crippen MR) is 175 cm³/mol. The van der Waals surface area contributed by atoms with Crippen LogP contribution in [0.2, 0.25) is 0 Å². The molecule has 0 unspecified atom stereocenters. The van der Waals surface area contributed by atoms with Crippen LogP contribution in [0, 0.1) is 52.8 Å². The van der Waals surface area contributed by atoms with Crippen molar-refractivity contribution in [3.05, 3.63) is 0 Å². The Labute approximate surface area is 248 Å². The van der Waals surface area contributed by atoms with Crippen molar-refractivity contribution in [2.75, 3.05) is 0 Å². The summed E-state index contributed by atoms with van der Waals surface area (Å²) in [5, 5.41) is 0. The van der Waals surface area contributed by atoms with Crippen molar-refractivity contribution < 1.29 is 0 Å². The van der Waals surface area contributed by atoms with Crippen molar-refractivity contribution in [3.8, 4) is 0 Å². The molecule has 0 heterocycles. The molecule has 3 rings (SSSR count). The highest BCUT2D eigenvalue weighted by atomic mass is 14.4. The molecular weight excluding hydrogens is 468 g/mol. The lowest BCUT2D eigenvalue weighted by Crippen LogP contribution is -2.29. The molecule has 0 amide bonds. The van der Waals surface area contributed by atoms with E-state index in [1.165, 1.54) is 128 Å². The SMILES string of the molecule is CC(C)CCC1CCCCC(CC(C)(C)C2CCCC(C3CCCC(CC(C)C)CCC3)CCC2)CCCC1. The molecule has 0 spiro atoms. The van der Waals surface area contributed by atoms with Gasteiger partial charge in [0.15, 0.2) is 0 Å². The maximum Gasteiger partial charge on any atom is -0.0323 e. The molecule has 3 aliphatic rings. The van der Waals surface area contributed by atoms with Crippen LogP contribution >= 0.6 is 0 Å². The highest BCUT2D eigenvalue weighted by Gasteiger charge is 2.34. The molecule has 3 fully saturated rings. The first kappa shape index (κ1) is 33.5. The van der Waals surface area contributed by atoms with Crippen molar-refractivity contribution >= 4 is 0 Å². The molecule has 3 aliphatic carbocycles. The molecule has 0 saturated heterocycles. The fourth-order valence-electron chi connectivity index (χ4n) is 9.79. The van der Waals surface area contributed by atoms with Gasteiger partial charge in [-0.25, -0.2) is 0 Å². The van der Waals surface area contributed by atoms with Crippen LogP contribution in [0.15, 0.2) is 0 Å². The number of hydrogen-bond donors (Lipinski definition) is 0. The average Bonchev–Trinajstić information content (AvgIpc) is 2.83. The van der Waals surface area contributed by atoms with Gasteiger partial charge < -0.3 is 0 Å². The third kappa shape index (κ3) is 12.8. The van der Waals surface area contributed by atoms with E-state index in [9.17, 15) is 0 Å². The topological polar surface area (TPSA) is 0 Å². The van der Waals surface area contributed by atoms with Crippen LogP contribution in [0.4, 0.5) is 0 Å². The third-order valence-electron chi connectivity index (χ3n) is 12.1. The van der Waals surface area contributed by atoms with Gasteiger partial charge in [0.05, 0.1) is 0 Å². The van der Waals surface area contributed by atoms with Crippen LogP contribution < -0.4 is 0 Å². The fraction of sp³-hybridized carbons (Fsp3) is 1.00. The summed E-state index contributed by atoms with van der Waals surface area (Å²) in [6.45, 7) is 15.0. The Hall–Kier alpha value is 0. The standard InChI is InChI=1S/C39H74/c1-31(2)27-28-33-15-7-9-17-35(18-10-8-16-33)30-39(5,6)38-25-13-23-37(24-14-26-38)36-21-11-19-34(20-12-22-36)29-32(3)4/h31-38H,7-30H2,1-6H3. The van der Waals surface area contributed by atoms with Crippen molar-refractivity contribution in [1.29, 1.82) is 0 Å². The zero-order chi connectivity index (χ0) is 28.1. The largest absolute Gasteiger partial charge is 0.0628 e. The molecule has 0 atom stereocenters. The van der Waals surface area contributed by atoms with Crippen molar-refractivity contribution in [3.63, 3.8) is 0 Å². The Morgan fingerprint density at radius 1 is 0.487 bits per heavy atom. The van der Waals surface area contributed by atoms with E-state index in [1.54, 1.807) is 25.7 Å². The molecule has 0 aromatic rings. The molecule has 0 aliphatic heterocycles. The molecular formula is C39H74. The first-order valence-corrected chi connectivity index (χ1v) is 18.7. The first-order valence-electron chi connectivity index (χ1n) is 18.7. The number of hydrogen-bond acceptors (Lipinski definition) is 0. The zero-order valence-electron chi connectivity index (χ0n) is 28.1. The summed E-state index contributed by atoms with van der Waals surface area (Å²) in [6, 6.07) is 0. The van der Waals surface area contributed by atoms with E-state index < -0.39 is 0 Å². The Morgan fingerprint density at radius 3 is 1.38 bits per heavy atom. The zero-order valence-corrected chi connectivity index (χ0v) is 28.1. The summed E-state index contributed by atoms with van der Waals surface area (Å²) in [5.41, 5.74) is 0.549. The van der Waals surface area contributed by atoms with Crippen LogP contribution in [0.5, 0.6) is 0 Å². The lowest BCUT2D eigenvalue weighted by atomic mass is 9.65. The van der Waals surface area contributed by atoms with Gasteiger partial charge in [-0.2, -0.15) is 0 Å². The number of rotatable bonds is 9. The van der Waals surface area contributed by atoms with Crippen LogP contribution in [-0.4, -0.2) is 0 Å². The Kier molecular flexibility index (Phi) is 15.3. The van der Waals surface area contributed by atoms with Crippen molar-refractivity contribution in [2.24, 2.45) is 52.8 Å². The summed E-state index contributed by atoms with van der Waals surface area (Å²) in [5.74, 6) is 7.92. The minimum Gasteiger partial charge on any atom is -0.0628 e. The van der Waals surface area contributed by atoms with Gasteiger partial charge in [0.2, 0.25) is 0 Å². The molecule has 230 valence electrons. The Balaban J connectivity index is 1.41. The van der Waals surface area contributed by atoms with E-state index in [1.807, 2.05) is 0 Å². The molecule has 0 radical (unpaired) electrons. The minimum absolute atomic E-state index is 0.549. The smallest absolute Gasteiger partial charge is 0.0323 e. The molecule has 0 heteroatoms. The van der Waals surface area contributed by atoms with E-state index in [2.05, 4.69) is 41.5 Å². The summed E-state index contributed by atoms with van der Waals surface area (Å²) < 4.78 is 0. The summed E-state index contributed by atoms with van der Waals surface area (Å²) in [4.78, 5) is 0. The van der Waals surface area contributed by atoms with Crippen molar-refractivity contribution in [2.45, 2.75) is 196 Å². The lowest BCUT2D eigenvalue weighted by Gasteiger charge is -2.40. The second kappa shape index (κ2) is 17.8. The Bertz CT molecular complexity index is 582. The van der Waals surface area contributed by atoms with Crippen molar-refractivity contribution in [1.82, 2.24) is 0 Å². The molecule has 0 bridgehead atoms. The van der Waals surface area contributed by atoms with Gasteiger partial charge in [-0.15, -0.1) is 0 Å². The molecule has 3 saturated carbocycles. The molecule has 0 aromatic carbocycles. The summed E-state index contributed by atoms with van der Waals surface area (Å²) in [7, 11) is 0. The van der Waals surface area contributed by atoms with E-state index >= 15 is 0 Å². The van der Waals surface area contributed by atoms with Gasteiger partial charge in [0.1, 0.15) is 0 Å². The van der Waals surface area contributed by atoms with E-state index in [4.69, 9.17) is 0 Å². The van der Waals surface area contributed by atoms with Crippen LogP contribution in [-0.2, 0) is 0 Å². The lowest BCUT2D eigenvalue weighted by molar-refractivity contribution is 0.107. The van der Waals surface area contributed by atoms with E-state index in [0.29, 0.717) is 5.41 Å². The average molecular weight is 543 g/mol. The second-order valence-corrected chi connectivity index (χ2v) is 16.9. The van der Waals surface area contributed by atoms with Gasteiger partial charge in [-0.05, 0) is 78.4 Å². The monoisotopic (exact) mass is 543 g/mol. The first-order chi connectivity index (χ1) is 18.7. The van der Waals surface area contributed by atoms with Gasteiger partial charge in [-0.1, -0.05) is 170 Å². The van der Waals surface area contributed by atoms with Crippen LogP contribution in [0.3, 0.4) is 0 Å². The van der Waals surface area contributed by atoms with E-state index in [-0.39, 0.29) is 0 Å². The maximum atomic E-state index is 2.68. The quantitative estimate of drug-likeness (QED) is 0.272.